The second-order valence-corrected chi connectivity index (χ2v) is 4.95. The third kappa shape index (κ3) is 2.81. The minimum atomic E-state index is -0.236. The summed E-state index contributed by atoms with van der Waals surface area (Å²) in [6, 6.07) is 18.5. The van der Waals surface area contributed by atoms with E-state index in [1.165, 1.54) is 11.1 Å². The quantitative estimate of drug-likeness (QED) is 0.602. The molecule has 0 fully saturated rings. The van der Waals surface area contributed by atoms with Crippen molar-refractivity contribution in [2.24, 2.45) is 0 Å². The smallest absolute Gasteiger partial charge is 0.101 e. The number of thiol groups is 1. The number of alkyl halides is 1. The van der Waals surface area contributed by atoms with Gasteiger partial charge in [-0.2, -0.15) is 12.6 Å². The van der Waals surface area contributed by atoms with Gasteiger partial charge in [-0.1, -0.05) is 54.6 Å². The van der Waals surface area contributed by atoms with E-state index in [-0.39, 0.29) is 4.71 Å². The van der Waals surface area contributed by atoms with E-state index in [0.717, 1.165) is 12.0 Å². The Morgan fingerprint density at radius 3 is 2.25 bits per heavy atom. The molecule has 0 heterocycles. The van der Waals surface area contributed by atoms with Crippen LogP contribution in [0.5, 0.6) is 0 Å². The van der Waals surface area contributed by atoms with Gasteiger partial charge in [0.2, 0.25) is 0 Å². The van der Waals surface area contributed by atoms with Gasteiger partial charge in [0.15, 0.2) is 0 Å². The number of benzene rings is 2. The molecule has 0 N–H and O–H groups in total. The normalized spacial score (nSPS) is 12.4. The van der Waals surface area contributed by atoms with Gasteiger partial charge in [-0.05, 0) is 23.1 Å². The minimum Gasteiger partial charge on any atom is -0.155 e. The Morgan fingerprint density at radius 2 is 1.56 bits per heavy atom. The topological polar surface area (TPSA) is 0 Å². The van der Waals surface area contributed by atoms with E-state index in [2.05, 4.69) is 43.0 Å². The first-order valence-electron chi connectivity index (χ1n) is 5.21. The highest BCUT2D eigenvalue weighted by molar-refractivity contribution is 7.82. The lowest BCUT2D eigenvalue weighted by atomic mass is 10.0. The molecule has 2 aromatic carbocycles. The van der Waals surface area contributed by atoms with Crippen LogP contribution in [0.25, 0.3) is 0 Å². The molecule has 82 valence electrons. The zero-order valence-electron chi connectivity index (χ0n) is 8.81. The predicted molar refractivity (Wildman–Crippen MR) is 73.3 cm³/mol. The van der Waals surface area contributed by atoms with Crippen LogP contribution in [0, 0.1) is 0 Å². The van der Waals surface area contributed by atoms with Gasteiger partial charge in [0.1, 0.15) is 4.71 Å². The van der Waals surface area contributed by atoms with E-state index in [9.17, 15) is 0 Å². The van der Waals surface area contributed by atoms with Crippen LogP contribution in [0.1, 0.15) is 21.4 Å². The number of halogens is 1. The molecule has 2 aromatic rings. The summed E-state index contributed by atoms with van der Waals surface area (Å²) in [4.78, 5) is 0. The van der Waals surface area contributed by atoms with E-state index in [4.69, 9.17) is 11.6 Å². The van der Waals surface area contributed by atoms with Gasteiger partial charge in [-0.15, -0.1) is 11.6 Å². The lowest BCUT2D eigenvalue weighted by molar-refractivity contribution is 1.14. The second-order valence-electron chi connectivity index (χ2n) is 3.70. The maximum absolute atomic E-state index is 6.04. The van der Waals surface area contributed by atoms with E-state index in [1.54, 1.807) is 0 Å². The molecular weight excluding hydrogens is 236 g/mol. The zero-order chi connectivity index (χ0) is 11.4. The Labute approximate surface area is 107 Å². The van der Waals surface area contributed by atoms with Gasteiger partial charge < -0.3 is 0 Å². The predicted octanol–water partition coefficient (Wildman–Crippen LogP) is 4.44. The molecule has 2 heteroatoms. The van der Waals surface area contributed by atoms with Crippen molar-refractivity contribution in [2.75, 3.05) is 0 Å². The molecule has 1 unspecified atom stereocenters. The second kappa shape index (κ2) is 5.42. The summed E-state index contributed by atoms with van der Waals surface area (Å²) in [5.41, 5.74) is 3.63. The molecular formula is C14H13ClS. The molecule has 0 nitrogen and oxygen atoms in total. The number of hydrogen-bond acceptors (Lipinski definition) is 1. The lowest BCUT2D eigenvalue weighted by Gasteiger charge is -2.10. The summed E-state index contributed by atoms with van der Waals surface area (Å²) in [7, 11) is 0. The van der Waals surface area contributed by atoms with Crippen LogP contribution in [-0.2, 0) is 6.42 Å². The highest BCUT2D eigenvalue weighted by atomic mass is 35.5. The first-order valence-corrected chi connectivity index (χ1v) is 6.16. The first kappa shape index (κ1) is 11.6. The van der Waals surface area contributed by atoms with Crippen molar-refractivity contribution in [3.8, 4) is 0 Å². The van der Waals surface area contributed by atoms with E-state index in [0.29, 0.717) is 0 Å². The summed E-state index contributed by atoms with van der Waals surface area (Å²) in [6.45, 7) is 0. The third-order valence-electron chi connectivity index (χ3n) is 2.55. The average molecular weight is 249 g/mol. The van der Waals surface area contributed by atoms with Crippen LogP contribution < -0.4 is 0 Å². The SMILES string of the molecule is SC(Cl)c1ccccc1Cc1ccccc1. The molecule has 0 aromatic heterocycles. The summed E-state index contributed by atoms with van der Waals surface area (Å²) < 4.78 is -0.236. The Hall–Kier alpha value is -0.920. The van der Waals surface area contributed by atoms with Gasteiger partial charge in [0, 0.05) is 0 Å². The fourth-order valence-electron chi connectivity index (χ4n) is 1.74. The average Bonchev–Trinajstić information content (AvgIpc) is 2.31. The van der Waals surface area contributed by atoms with Crippen molar-refractivity contribution in [1.29, 1.82) is 0 Å². The van der Waals surface area contributed by atoms with Crippen LogP contribution >= 0.6 is 24.2 Å². The molecule has 0 aliphatic rings. The monoisotopic (exact) mass is 248 g/mol. The molecule has 0 aliphatic heterocycles. The lowest BCUT2D eigenvalue weighted by Crippen LogP contribution is -1.94. The van der Waals surface area contributed by atoms with Crippen molar-refractivity contribution in [2.45, 2.75) is 11.1 Å². The fraction of sp³-hybridized carbons (Fsp3) is 0.143. The van der Waals surface area contributed by atoms with Crippen molar-refractivity contribution >= 4 is 24.2 Å². The third-order valence-corrected chi connectivity index (χ3v) is 3.06. The Morgan fingerprint density at radius 1 is 0.938 bits per heavy atom. The standard InChI is InChI=1S/C14H13ClS/c15-14(16)13-9-5-4-8-12(13)10-11-6-2-1-3-7-11/h1-9,14,16H,10H2. The molecule has 0 saturated heterocycles. The Bertz CT molecular complexity index is 451. The van der Waals surface area contributed by atoms with Crippen molar-refractivity contribution in [3.63, 3.8) is 0 Å². The first-order chi connectivity index (χ1) is 7.77. The summed E-state index contributed by atoms with van der Waals surface area (Å²) in [5.74, 6) is 0. The van der Waals surface area contributed by atoms with Crippen LogP contribution in [0.2, 0.25) is 0 Å². The highest BCUT2D eigenvalue weighted by Gasteiger charge is 2.07. The van der Waals surface area contributed by atoms with E-state index < -0.39 is 0 Å². The van der Waals surface area contributed by atoms with Gasteiger partial charge in [0.25, 0.3) is 0 Å². The summed E-state index contributed by atoms with van der Waals surface area (Å²) >= 11 is 10.3. The van der Waals surface area contributed by atoms with Crippen molar-refractivity contribution < 1.29 is 0 Å². The molecule has 0 bridgehead atoms. The highest BCUT2D eigenvalue weighted by Crippen LogP contribution is 2.28. The molecule has 0 amide bonds. The fourth-order valence-corrected chi connectivity index (χ4v) is 2.21. The van der Waals surface area contributed by atoms with E-state index in [1.807, 2.05) is 24.3 Å². The number of hydrogen-bond donors (Lipinski definition) is 1. The summed E-state index contributed by atoms with van der Waals surface area (Å²) in [6.07, 6.45) is 0.904. The van der Waals surface area contributed by atoms with Crippen LogP contribution in [-0.4, -0.2) is 0 Å². The largest absolute Gasteiger partial charge is 0.155 e. The van der Waals surface area contributed by atoms with Gasteiger partial charge in [-0.25, -0.2) is 0 Å². The van der Waals surface area contributed by atoms with Crippen LogP contribution in [0.15, 0.2) is 54.6 Å². The van der Waals surface area contributed by atoms with Crippen LogP contribution in [0.3, 0.4) is 0 Å². The van der Waals surface area contributed by atoms with Crippen molar-refractivity contribution in [3.05, 3.63) is 71.3 Å². The number of rotatable bonds is 3. The van der Waals surface area contributed by atoms with Gasteiger partial charge in [0.05, 0.1) is 0 Å². The van der Waals surface area contributed by atoms with Gasteiger partial charge in [-0.3, -0.25) is 0 Å². The molecule has 0 radical (unpaired) electrons. The maximum atomic E-state index is 6.04. The van der Waals surface area contributed by atoms with Gasteiger partial charge >= 0.3 is 0 Å². The molecule has 0 saturated carbocycles. The summed E-state index contributed by atoms with van der Waals surface area (Å²) in [5, 5.41) is 0. The molecule has 0 aliphatic carbocycles. The molecule has 1 atom stereocenters. The molecule has 0 spiro atoms. The molecule has 16 heavy (non-hydrogen) atoms. The van der Waals surface area contributed by atoms with Crippen LogP contribution in [0.4, 0.5) is 0 Å². The Kier molecular flexibility index (Phi) is 3.92. The zero-order valence-corrected chi connectivity index (χ0v) is 10.5. The van der Waals surface area contributed by atoms with E-state index >= 15 is 0 Å². The Balaban J connectivity index is 2.28. The van der Waals surface area contributed by atoms with Crippen molar-refractivity contribution in [1.82, 2.24) is 0 Å². The maximum Gasteiger partial charge on any atom is 0.101 e. The minimum absolute atomic E-state index is 0.236. The molecule has 2 rings (SSSR count).